The Hall–Kier alpha value is -1.42. The molecular weight excluding hydrogens is 264 g/mol. The van der Waals surface area contributed by atoms with Crippen LogP contribution in [0, 0.1) is 0 Å². The SMILES string of the molecule is CC(C)Oc1cc(N2CC(C)(C)OC(C)(C)C2)ccc1N. The molecule has 21 heavy (non-hydrogen) atoms. The van der Waals surface area contributed by atoms with Crippen LogP contribution in [0.1, 0.15) is 41.5 Å². The number of rotatable bonds is 3. The Balaban J connectivity index is 2.29. The lowest BCUT2D eigenvalue weighted by atomic mass is 9.98. The molecule has 0 radical (unpaired) electrons. The molecule has 0 spiro atoms. The van der Waals surface area contributed by atoms with E-state index in [-0.39, 0.29) is 17.3 Å². The summed E-state index contributed by atoms with van der Waals surface area (Å²) in [4.78, 5) is 2.34. The van der Waals surface area contributed by atoms with E-state index in [0.29, 0.717) is 5.69 Å². The molecule has 2 rings (SSSR count). The first kappa shape index (κ1) is 16.0. The minimum Gasteiger partial charge on any atom is -0.489 e. The molecule has 0 saturated carbocycles. The third kappa shape index (κ3) is 4.03. The zero-order valence-corrected chi connectivity index (χ0v) is 14.1. The fourth-order valence-electron chi connectivity index (χ4n) is 3.05. The Morgan fingerprint density at radius 3 is 2.24 bits per heavy atom. The van der Waals surface area contributed by atoms with Crippen molar-refractivity contribution in [2.45, 2.75) is 58.8 Å². The van der Waals surface area contributed by atoms with E-state index >= 15 is 0 Å². The molecule has 0 aromatic heterocycles. The predicted molar refractivity (Wildman–Crippen MR) is 88.1 cm³/mol. The monoisotopic (exact) mass is 292 g/mol. The van der Waals surface area contributed by atoms with Crippen LogP contribution in [0.2, 0.25) is 0 Å². The summed E-state index contributed by atoms with van der Waals surface area (Å²) < 4.78 is 11.9. The van der Waals surface area contributed by atoms with Gasteiger partial charge in [0.15, 0.2) is 0 Å². The molecule has 0 unspecified atom stereocenters. The van der Waals surface area contributed by atoms with Crippen LogP contribution in [-0.4, -0.2) is 30.4 Å². The number of ether oxygens (including phenoxy) is 2. The first-order valence-electron chi connectivity index (χ1n) is 7.59. The van der Waals surface area contributed by atoms with Crippen LogP contribution in [0.15, 0.2) is 18.2 Å². The summed E-state index contributed by atoms with van der Waals surface area (Å²) in [5.41, 5.74) is 7.46. The van der Waals surface area contributed by atoms with Gasteiger partial charge in [0.25, 0.3) is 0 Å². The van der Waals surface area contributed by atoms with Crippen molar-refractivity contribution >= 4 is 11.4 Å². The first-order chi connectivity index (χ1) is 9.58. The molecule has 1 heterocycles. The number of morpholine rings is 1. The van der Waals surface area contributed by atoms with Crippen LogP contribution in [0.25, 0.3) is 0 Å². The molecule has 118 valence electrons. The Labute approximate surface area is 128 Å². The number of hydrogen-bond donors (Lipinski definition) is 1. The third-order valence-electron chi connectivity index (χ3n) is 3.42. The van der Waals surface area contributed by atoms with Gasteiger partial charge >= 0.3 is 0 Å². The van der Waals surface area contributed by atoms with Crippen LogP contribution in [0.4, 0.5) is 11.4 Å². The Morgan fingerprint density at radius 1 is 1.14 bits per heavy atom. The van der Waals surface area contributed by atoms with Crippen molar-refractivity contribution in [1.82, 2.24) is 0 Å². The fraction of sp³-hybridized carbons (Fsp3) is 0.647. The Kier molecular flexibility index (Phi) is 4.11. The van der Waals surface area contributed by atoms with Gasteiger partial charge in [-0.3, -0.25) is 0 Å². The van der Waals surface area contributed by atoms with Crippen LogP contribution in [-0.2, 0) is 4.74 Å². The van der Waals surface area contributed by atoms with Crippen molar-refractivity contribution in [1.29, 1.82) is 0 Å². The van der Waals surface area contributed by atoms with Gasteiger partial charge in [0.2, 0.25) is 0 Å². The van der Waals surface area contributed by atoms with E-state index in [4.69, 9.17) is 15.2 Å². The smallest absolute Gasteiger partial charge is 0.144 e. The lowest BCUT2D eigenvalue weighted by Gasteiger charge is -2.48. The molecule has 0 amide bonds. The molecule has 1 aromatic carbocycles. The van der Waals surface area contributed by atoms with Crippen molar-refractivity contribution in [3.63, 3.8) is 0 Å². The van der Waals surface area contributed by atoms with Gasteiger partial charge in [0.1, 0.15) is 5.75 Å². The molecule has 2 N–H and O–H groups in total. The second kappa shape index (κ2) is 5.41. The second-order valence-corrected chi connectivity index (χ2v) is 7.37. The van der Waals surface area contributed by atoms with Crippen LogP contribution >= 0.6 is 0 Å². The Morgan fingerprint density at radius 2 is 1.71 bits per heavy atom. The molecule has 4 nitrogen and oxygen atoms in total. The van der Waals surface area contributed by atoms with E-state index in [1.54, 1.807) is 0 Å². The van der Waals surface area contributed by atoms with E-state index in [1.807, 2.05) is 26.0 Å². The fourth-order valence-corrected chi connectivity index (χ4v) is 3.05. The minimum atomic E-state index is -0.178. The third-order valence-corrected chi connectivity index (χ3v) is 3.42. The van der Waals surface area contributed by atoms with Gasteiger partial charge in [-0.25, -0.2) is 0 Å². The highest BCUT2D eigenvalue weighted by Crippen LogP contribution is 2.34. The highest BCUT2D eigenvalue weighted by atomic mass is 16.5. The van der Waals surface area contributed by atoms with Crippen LogP contribution < -0.4 is 15.4 Å². The van der Waals surface area contributed by atoms with Gasteiger partial charge < -0.3 is 20.1 Å². The van der Waals surface area contributed by atoms with Crippen LogP contribution in [0.5, 0.6) is 5.75 Å². The molecule has 0 bridgehead atoms. The average molecular weight is 292 g/mol. The summed E-state index contributed by atoms with van der Waals surface area (Å²) in [6, 6.07) is 6.01. The van der Waals surface area contributed by atoms with E-state index in [9.17, 15) is 0 Å². The lowest BCUT2D eigenvalue weighted by molar-refractivity contribution is -0.133. The van der Waals surface area contributed by atoms with Gasteiger partial charge in [-0.1, -0.05) is 0 Å². The maximum Gasteiger partial charge on any atom is 0.144 e. The van der Waals surface area contributed by atoms with E-state index < -0.39 is 0 Å². The summed E-state index contributed by atoms with van der Waals surface area (Å²) in [5, 5.41) is 0. The number of anilines is 2. The average Bonchev–Trinajstić information content (AvgIpc) is 2.27. The second-order valence-electron chi connectivity index (χ2n) is 7.37. The molecule has 1 aliphatic heterocycles. The zero-order chi connectivity index (χ0) is 15.8. The summed E-state index contributed by atoms with van der Waals surface area (Å²) >= 11 is 0. The first-order valence-corrected chi connectivity index (χ1v) is 7.59. The molecule has 1 aromatic rings. The van der Waals surface area contributed by atoms with Gasteiger partial charge in [-0.05, 0) is 53.7 Å². The highest BCUT2D eigenvalue weighted by Gasteiger charge is 2.38. The molecule has 0 aliphatic carbocycles. The van der Waals surface area contributed by atoms with E-state index in [1.165, 1.54) is 0 Å². The maximum atomic E-state index is 6.13. The predicted octanol–water partition coefficient (Wildman–Crippen LogP) is 3.45. The maximum absolute atomic E-state index is 6.13. The molecular formula is C17H28N2O2. The van der Waals surface area contributed by atoms with E-state index in [2.05, 4.69) is 38.7 Å². The highest BCUT2D eigenvalue weighted by molar-refractivity contribution is 5.62. The number of nitrogens with two attached hydrogens (primary N) is 1. The summed E-state index contributed by atoms with van der Waals surface area (Å²) in [7, 11) is 0. The topological polar surface area (TPSA) is 47.7 Å². The van der Waals surface area contributed by atoms with Crippen molar-refractivity contribution < 1.29 is 9.47 Å². The molecule has 4 heteroatoms. The standard InChI is InChI=1S/C17H28N2O2/c1-12(2)20-15-9-13(7-8-14(15)18)19-10-16(3,4)21-17(5,6)11-19/h7-9,12H,10-11,18H2,1-6H3. The van der Waals surface area contributed by atoms with E-state index in [0.717, 1.165) is 24.5 Å². The molecule has 1 saturated heterocycles. The van der Waals surface area contributed by atoms with Crippen LogP contribution in [0.3, 0.4) is 0 Å². The normalized spacial score (nSPS) is 20.6. The molecule has 0 atom stereocenters. The van der Waals surface area contributed by atoms with Gasteiger partial charge in [-0.15, -0.1) is 0 Å². The van der Waals surface area contributed by atoms with Gasteiger partial charge in [0.05, 0.1) is 23.0 Å². The van der Waals surface area contributed by atoms with Gasteiger partial charge in [-0.2, -0.15) is 0 Å². The number of nitrogen functional groups attached to an aromatic ring is 1. The van der Waals surface area contributed by atoms with Crippen molar-refractivity contribution in [2.24, 2.45) is 0 Å². The van der Waals surface area contributed by atoms with Crippen molar-refractivity contribution in [3.05, 3.63) is 18.2 Å². The zero-order valence-electron chi connectivity index (χ0n) is 14.1. The van der Waals surface area contributed by atoms with Crippen molar-refractivity contribution in [3.8, 4) is 5.75 Å². The lowest BCUT2D eigenvalue weighted by Crippen LogP contribution is -2.57. The molecule has 1 fully saturated rings. The number of benzene rings is 1. The summed E-state index contributed by atoms with van der Waals surface area (Å²) in [6.07, 6.45) is 0.111. The van der Waals surface area contributed by atoms with Gasteiger partial charge in [0, 0.05) is 24.8 Å². The quantitative estimate of drug-likeness (QED) is 0.867. The molecule has 1 aliphatic rings. The Bertz CT molecular complexity index is 494. The number of hydrogen-bond acceptors (Lipinski definition) is 4. The number of nitrogens with zero attached hydrogens (tertiary/aromatic N) is 1. The largest absolute Gasteiger partial charge is 0.489 e. The minimum absolute atomic E-state index is 0.111. The summed E-state index contributed by atoms with van der Waals surface area (Å²) in [5.74, 6) is 0.754. The summed E-state index contributed by atoms with van der Waals surface area (Å²) in [6.45, 7) is 14.2. The van der Waals surface area contributed by atoms with Crippen molar-refractivity contribution in [2.75, 3.05) is 23.7 Å².